The lowest BCUT2D eigenvalue weighted by Crippen LogP contribution is -2.29. The Kier molecular flexibility index (Phi) is 4.86. The van der Waals surface area contributed by atoms with Crippen molar-refractivity contribution in [3.8, 4) is 0 Å². The van der Waals surface area contributed by atoms with E-state index in [9.17, 15) is 0 Å². The van der Waals surface area contributed by atoms with Crippen LogP contribution < -0.4 is 5.32 Å². The van der Waals surface area contributed by atoms with Gasteiger partial charge in [0.05, 0.1) is 0 Å². The number of halogens is 1. The molecule has 0 amide bonds. The summed E-state index contributed by atoms with van der Waals surface area (Å²) in [5.74, 6) is 1.92. The van der Waals surface area contributed by atoms with Gasteiger partial charge in [-0.1, -0.05) is 0 Å². The molecule has 1 aromatic heterocycles. The lowest BCUT2D eigenvalue weighted by Gasteiger charge is -2.25. The highest BCUT2D eigenvalue weighted by molar-refractivity contribution is 6.20. The van der Waals surface area contributed by atoms with Gasteiger partial charge in [0.1, 0.15) is 5.82 Å². The van der Waals surface area contributed by atoms with Gasteiger partial charge in [-0.05, 0) is 45.1 Å². The molecule has 1 N–H and O–H groups in total. The molecule has 0 unspecified atom stereocenters. The van der Waals surface area contributed by atoms with Crippen LogP contribution in [0.15, 0.2) is 12.4 Å². The molecule has 0 radical (unpaired) electrons. The quantitative estimate of drug-likeness (QED) is 0.648. The highest BCUT2D eigenvalue weighted by atomic mass is 35.5. The minimum Gasteiger partial charge on any atom is -0.334 e. The Morgan fingerprint density at radius 3 is 2.82 bits per heavy atom. The second kappa shape index (κ2) is 6.41. The van der Waals surface area contributed by atoms with Gasteiger partial charge < -0.3 is 9.88 Å². The molecule has 0 aliphatic heterocycles. The van der Waals surface area contributed by atoms with Crippen LogP contribution in [0, 0.1) is 12.8 Å². The smallest absolute Gasteiger partial charge is 0.105 e. The predicted octanol–water partition coefficient (Wildman–Crippen LogP) is 2.58. The largest absolute Gasteiger partial charge is 0.334 e. The minimum absolute atomic E-state index is 0.430. The van der Waals surface area contributed by atoms with Crippen LogP contribution in [0.2, 0.25) is 0 Å². The number of nitrogens with one attached hydrogen (secondary N) is 1. The Labute approximate surface area is 109 Å². The molecule has 1 aliphatic carbocycles. The molecule has 4 heteroatoms. The third kappa shape index (κ3) is 4.00. The summed E-state index contributed by atoms with van der Waals surface area (Å²) in [5.41, 5.74) is 0. The van der Waals surface area contributed by atoms with E-state index >= 15 is 0 Å². The molecule has 0 saturated heterocycles. The number of alkyl halides is 1. The van der Waals surface area contributed by atoms with Gasteiger partial charge in [-0.3, -0.25) is 0 Å². The van der Waals surface area contributed by atoms with Crippen molar-refractivity contribution in [2.24, 2.45) is 5.92 Å². The van der Waals surface area contributed by atoms with Gasteiger partial charge in [0.2, 0.25) is 0 Å². The Bertz CT molecular complexity index is 329. The average molecular weight is 256 g/mol. The number of imidazole rings is 1. The molecule has 1 aliphatic rings. The molecule has 1 heterocycles. The van der Waals surface area contributed by atoms with Crippen LogP contribution >= 0.6 is 11.6 Å². The topological polar surface area (TPSA) is 29.9 Å². The molecular weight excluding hydrogens is 234 g/mol. The average Bonchev–Trinajstić information content (AvgIpc) is 2.73. The summed E-state index contributed by atoms with van der Waals surface area (Å²) in [6, 6.07) is 0. The number of hydrogen-bond donors (Lipinski definition) is 1. The van der Waals surface area contributed by atoms with Crippen molar-refractivity contribution < 1.29 is 0 Å². The minimum atomic E-state index is 0.430. The Hall–Kier alpha value is -0.540. The zero-order chi connectivity index (χ0) is 12.1. The molecule has 1 saturated carbocycles. The number of hydrogen-bond acceptors (Lipinski definition) is 2. The molecule has 3 nitrogen and oxygen atoms in total. The first-order valence-corrected chi connectivity index (χ1v) is 7.02. The number of rotatable bonds is 5. The lowest BCUT2D eigenvalue weighted by atomic mass is 9.89. The van der Waals surface area contributed by atoms with Crippen molar-refractivity contribution in [1.82, 2.24) is 14.9 Å². The normalized spacial score (nSPS) is 25.1. The van der Waals surface area contributed by atoms with Crippen molar-refractivity contribution in [2.45, 2.75) is 44.5 Å². The van der Waals surface area contributed by atoms with Crippen LogP contribution in [0.3, 0.4) is 0 Å². The molecule has 0 atom stereocenters. The number of aromatic nitrogens is 2. The van der Waals surface area contributed by atoms with E-state index in [0.29, 0.717) is 5.38 Å². The first-order chi connectivity index (χ1) is 8.25. The summed E-state index contributed by atoms with van der Waals surface area (Å²) in [4.78, 5) is 4.21. The van der Waals surface area contributed by atoms with Crippen LogP contribution in [0.25, 0.3) is 0 Å². The van der Waals surface area contributed by atoms with E-state index in [2.05, 4.69) is 14.9 Å². The predicted molar refractivity (Wildman–Crippen MR) is 71.4 cm³/mol. The maximum absolute atomic E-state index is 6.10. The molecule has 1 fully saturated rings. The second-order valence-electron chi connectivity index (χ2n) is 4.99. The Morgan fingerprint density at radius 1 is 1.41 bits per heavy atom. The fourth-order valence-corrected chi connectivity index (χ4v) is 2.72. The molecule has 0 bridgehead atoms. The van der Waals surface area contributed by atoms with Gasteiger partial charge >= 0.3 is 0 Å². The van der Waals surface area contributed by atoms with Crippen molar-refractivity contribution >= 4 is 11.6 Å². The monoisotopic (exact) mass is 255 g/mol. The Morgan fingerprint density at radius 2 is 2.18 bits per heavy atom. The van der Waals surface area contributed by atoms with Gasteiger partial charge in [0.15, 0.2) is 0 Å². The molecule has 1 aromatic rings. The van der Waals surface area contributed by atoms with Gasteiger partial charge in [0.25, 0.3) is 0 Å². The summed E-state index contributed by atoms with van der Waals surface area (Å²) in [6.45, 7) is 5.22. The van der Waals surface area contributed by atoms with Gasteiger partial charge in [-0.25, -0.2) is 4.98 Å². The molecule has 2 rings (SSSR count). The van der Waals surface area contributed by atoms with E-state index in [0.717, 1.165) is 31.4 Å². The summed E-state index contributed by atoms with van der Waals surface area (Å²) in [6.07, 6.45) is 8.84. The maximum Gasteiger partial charge on any atom is 0.105 e. The van der Waals surface area contributed by atoms with Crippen molar-refractivity contribution in [3.63, 3.8) is 0 Å². The van der Waals surface area contributed by atoms with Crippen molar-refractivity contribution in [2.75, 3.05) is 13.1 Å². The van der Waals surface area contributed by atoms with E-state index in [1.165, 1.54) is 25.7 Å². The van der Waals surface area contributed by atoms with Crippen molar-refractivity contribution in [1.29, 1.82) is 0 Å². The molecule has 0 spiro atoms. The fraction of sp³-hybridized carbons (Fsp3) is 0.769. The second-order valence-corrected chi connectivity index (χ2v) is 5.61. The molecule has 17 heavy (non-hydrogen) atoms. The first-order valence-electron chi connectivity index (χ1n) is 6.58. The summed E-state index contributed by atoms with van der Waals surface area (Å²) < 4.78 is 2.18. The third-order valence-electron chi connectivity index (χ3n) is 3.66. The van der Waals surface area contributed by atoms with E-state index in [1.807, 2.05) is 19.3 Å². The molecular formula is C13H22ClN3. The molecule has 0 aromatic carbocycles. The van der Waals surface area contributed by atoms with Gasteiger partial charge in [-0.2, -0.15) is 0 Å². The zero-order valence-electron chi connectivity index (χ0n) is 10.5. The van der Waals surface area contributed by atoms with Gasteiger partial charge in [-0.15, -0.1) is 11.6 Å². The number of nitrogens with zero attached hydrogens (tertiary/aromatic N) is 2. The zero-order valence-corrected chi connectivity index (χ0v) is 11.3. The van der Waals surface area contributed by atoms with Crippen LogP contribution in [-0.2, 0) is 6.54 Å². The van der Waals surface area contributed by atoms with Crippen LogP contribution in [0.4, 0.5) is 0 Å². The maximum atomic E-state index is 6.10. The van der Waals surface area contributed by atoms with E-state index in [-0.39, 0.29) is 0 Å². The fourth-order valence-electron chi connectivity index (χ4n) is 2.47. The summed E-state index contributed by atoms with van der Waals surface area (Å²) in [7, 11) is 0. The standard InChI is InChI=1S/C13H22ClN3/c1-11-16-7-9-17(11)8-6-15-10-12-2-4-13(14)5-3-12/h7,9,12-13,15H,2-6,8,10H2,1H3. The van der Waals surface area contributed by atoms with E-state index in [4.69, 9.17) is 11.6 Å². The Balaban J connectivity index is 1.59. The third-order valence-corrected chi connectivity index (χ3v) is 4.10. The lowest BCUT2D eigenvalue weighted by molar-refractivity contribution is 0.344. The van der Waals surface area contributed by atoms with Crippen LogP contribution in [0.1, 0.15) is 31.5 Å². The number of aryl methyl sites for hydroxylation is 1. The summed E-state index contributed by atoms with van der Waals surface area (Å²) >= 11 is 6.10. The SMILES string of the molecule is Cc1nccn1CCNCC1CCC(Cl)CC1. The summed E-state index contributed by atoms with van der Waals surface area (Å²) in [5, 5.41) is 3.97. The van der Waals surface area contributed by atoms with E-state index < -0.39 is 0 Å². The highest BCUT2D eigenvalue weighted by Crippen LogP contribution is 2.26. The van der Waals surface area contributed by atoms with E-state index in [1.54, 1.807) is 0 Å². The first kappa shape index (κ1) is 12.9. The highest BCUT2D eigenvalue weighted by Gasteiger charge is 2.18. The van der Waals surface area contributed by atoms with Crippen LogP contribution in [-0.4, -0.2) is 28.0 Å². The molecule has 96 valence electrons. The van der Waals surface area contributed by atoms with Crippen molar-refractivity contribution in [3.05, 3.63) is 18.2 Å². The van der Waals surface area contributed by atoms with Gasteiger partial charge in [0, 0.05) is 30.9 Å². The van der Waals surface area contributed by atoms with Crippen LogP contribution in [0.5, 0.6) is 0 Å².